The Bertz CT molecular complexity index is 1080. The molecule has 6 heteroatoms. The number of aryl methyl sites for hydroxylation is 1. The first-order valence-electron chi connectivity index (χ1n) is 9.34. The van der Waals surface area contributed by atoms with E-state index in [1.807, 2.05) is 43.5 Å². The number of nitrogens with zero attached hydrogens (tertiary/aromatic N) is 1. The Balaban J connectivity index is 1.67. The predicted molar refractivity (Wildman–Crippen MR) is 109 cm³/mol. The van der Waals surface area contributed by atoms with E-state index in [1.54, 1.807) is 6.26 Å². The van der Waals surface area contributed by atoms with Crippen molar-refractivity contribution in [3.8, 4) is 0 Å². The van der Waals surface area contributed by atoms with E-state index >= 15 is 0 Å². The van der Waals surface area contributed by atoms with Crippen molar-refractivity contribution in [2.24, 2.45) is 12.8 Å². The number of allylic oxidation sites excluding steroid dienone is 1. The van der Waals surface area contributed by atoms with Crippen LogP contribution in [0.2, 0.25) is 0 Å². The van der Waals surface area contributed by atoms with Crippen LogP contribution in [0.3, 0.4) is 0 Å². The maximum absolute atomic E-state index is 13.2. The molecule has 144 valence electrons. The zero-order valence-corrected chi connectivity index (χ0v) is 15.7. The minimum atomic E-state index is -0.0991. The summed E-state index contributed by atoms with van der Waals surface area (Å²) in [5, 5.41) is 5.19. The third kappa shape index (κ3) is 3.34. The molecule has 28 heavy (non-hydrogen) atoms. The molecule has 2 aromatic carbocycles. The van der Waals surface area contributed by atoms with Crippen LogP contribution in [0.5, 0.6) is 0 Å². The molecule has 1 amide bonds. The van der Waals surface area contributed by atoms with E-state index in [-0.39, 0.29) is 11.9 Å². The van der Waals surface area contributed by atoms with Crippen molar-refractivity contribution in [3.63, 3.8) is 0 Å². The summed E-state index contributed by atoms with van der Waals surface area (Å²) in [6, 6.07) is 13.9. The van der Waals surface area contributed by atoms with E-state index in [4.69, 9.17) is 15.5 Å². The molecule has 0 bridgehead atoms. The number of nitrogens with two attached hydrogens (primary N) is 1. The summed E-state index contributed by atoms with van der Waals surface area (Å²) in [7, 11) is 2.02. The summed E-state index contributed by atoms with van der Waals surface area (Å²) in [4.78, 5) is 22.8. The number of nitrogens with one attached hydrogen (secondary N) is 1. The molecule has 0 spiro atoms. The van der Waals surface area contributed by atoms with Gasteiger partial charge < -0.3 is 15.6 Å². The van der Waals surface area contributed by atoms with Crippen molar-refractivity contribution >= 4 is 27.7 Å². The van der Waals surface area contributed by atoms with Crippen molar-refractivity contribution in [3.05, 3.63) is 72.2 Å². The van der Waals surface area contributed by atoms with Crippen LogP contribution in [0.25, 0.3) is 21.8 Å². The maximum Gasteiger partial charge on any atom is 0.252 e. The van der Waals surface area contributed by atoms with Crippen LogP contribution in [0.4, 0.5) is 0 Å². The molecule has 1 atom stereocenters. The summed E-state index contributed by atoms with van der Waals surface area (Å²) in [5.41, 5.74) is 9.52. The molecular formula is C22H23N3O3. The number of rotatable bonds is 6. The van der Waals surface area contributed by atoms with Crippen molar-refractivity contribution < 1.29 is 14.6 Å². The lowest BCUT2D eigenvalue weighted by Gasteiger charge is -2.19. The fourth-order valence-corrected chi connectivity index (χ4v) is 3.77. The highest BCUT2D eigenvalue weighted by atomic mass is 17.2. The fourth-order valence-electron chi connectivity index (χ4n) is 3.77. The third-order valence-corrected chi connectivity index (χ3v) is 5.11. The van der Waals surface area contributed by atoms with Gasteiger partial charge in [0.25, 0.3) is 5.91 Å². The monoisotopic (exact) mass is 377 g/mol. The number of carbonyl (C=O) groups is 1. The Hall–Kier alpha value is -3.25. The SMILES string of the molecule is Cn1c2ccccc2c2c(C(=O)NC(CCN)CC3=COOC=C3)cccc21. The molecule has 1 aliphatic rings. The van der Waals surface area contributed by atoms with Crippen molar-refractivity contribution in [2.45, 2.75) is 18.9 Å². The summed E-state index contributed by atoms with van der Waals surface area (Å²) >= 11 is 0. The summed E-state index contributed by atoms with van der Waals surface area (Å²) < 4.78 is 2.12. The Morgan fingerprint density at radius 2 is 1.96 bits per heavy atom. The van der Waals surface area contributed by atoms with Crippen molar-refractivity contribution in [2.75, 3.05) is 6.54 Å². The topological polar surface area (TPSA) is 78.5 Å². The average Bonchev–Trinajstić information content (AvgIpc) is 3.02. The van der Waals surface area contributed by atoms with Crippen molar-refractivity contribution in [1.29, 1.82) is 0 Å². The molecule has 3 N–H and O–H groups in total. The Labute approximate surface area is 163 Å². The van der Waals surface area contributed by atoms with Crippen molar-refractivity contribution in [1.82, 2.24) is 9.88 Å². The second-order valence-electron chi connectivity index (χ2n) is 6.92. The lowest BCUT2D eigenvalue weighted by molar-refractivity contribution is -0.199. The van der Waals surface area contributed by atoms with E-state index in [0.29, 0.717) is 24.9 Å². The Kier molecular flexibility index (Phi) is 5.04. The number of para-hydroxylation sites is 1. The van der Waals surface area contributed by atoms with Crippen LogP contribution in [0.15, 0.2) is 66.6 Å². The maximum atomic E-state index is 13.2. The van der Waals surface area contributed by atoms with E-state index in [2.05, 4.69) is 22.0 Å². The van der Waals surface area contributed by atoms with Gasteiger partial charge in [-0.2, -0.15) is 0 Å². The number of aromatic nitrogens is 1. The number of amides is 1. The van der Waals surface area contributed by atoms with Gasteiger partial charge in [-0.25, -0.2) is 0 Å². The molecule has 0 fully saturated rings. The molecule has 0 saturated carbocycles. The van der Waals surface area contributed by atoms with Gasteiger partial charge in [0.1, 0.15) is 12.5 Å². The molecule has 4 rings (SSSR count). The molecule has 0 saturated heterocycles. The summed E-state index contributed by atoms with van der Waals surface area (Å²) in [5.74, 6) is -0.0991. The van der Waals surface area contributed by atoms with Gasteiger partial charge in [-0.05, 0) is 49.2 Å². The van der Waals surface area contributed by atoms with E-state index in [0.717, 1.165) is 27.4 Å². The molecule has 3 aromatic rings. The van der Waals surface area contributed by atoms with Gasteiger partial charge in [-0.3, -0.25) is 14.6 Å². The zero-order chi connectivity index (χ0) is 19.5. The molecular weight excluding hydrogens is 354 g/mol. The zero-order valence-electron chi connectivity index (χ0n) is 15.7. The van der Waals surface area contributed by atoms with Gasteiger partial charge in [-0.15, -0.1) is 0 Å². The second-order valence-corrected chi connectivity index (χ2v) is 6.92. The van der Waals surface area contributed by atoms with Crippen LogP contribution >= 0.6 is 0 Å². The largest absolute Gasteiger partial charge is 0.349 e. The first kappa shape index (κ1) is 18.1. The molecule has 2 heterocycles. The lowest BCUT2D eigenvalue weighted by Crippen LogP contribution is -2.36. The van der Waals surface area contributed by atoms with E-state index < -0.39 is 0 Å². The van der Waals surface area contributed by atoms with Gasteiger partial charge in [0.2, 0.25) is 0 Å². The van der Waals surface area contributed by atoms with Gasteiger partial charge in [0.05, 0.1) is 0 Å². The van der Waals surface area contributed by atoms with Crippen LogP contribution in [0.1, 0.15) is 23.2 Å². The number of hydrogen-bond donors (Lipinski definition) is 2. The number of benzene rings is 2. The molecule has 1 unspecified atom stereocenters. The minimum Gasteiger partial charge on any atom is -0.349 e. The normalized spacial score (nSPS) is 14.4. The first-order chi connectivity index (χ1) is 13.7. The average molecular weight is 377 g/mol. The van der Waals surface area contributed by atoms with Crippen LogP contribution in [-0.4, -0.2) is 23.1 Å². The standard InChI is InChI=1S/C22H23N3O3/c1-25-19-7-3-2-5-17(19)21-18(6-4-8-20(21)25)22(26)24-16(9-11-23)13-15-10-12-27-28-14-15/h2-8,10,12,14,16H,9,11,13,23H2,1H3,(H,24,26). The van der Waals surface area contributed by atoms with Gasteiger partial charge in [0, 0.05) is 40.5 Å². The number of carbonyl (C=O) groups excluding carboxylic acids is 1. The van der Waals surface area contributed by atoms with Crippen LogP contribution < -0.4 is 11.1 Å². The molecule has 1 aliphatic heterocycles. The Morgan fingerprint density at radius 3 is 2.75 bits per heavy atom. The summed E-state index contributed by atoms with van der Waals surface area (Å²) in [6.45, 7) is 0.484. The smallest absolute Gasteiger partial charge is 0.252 e. The van der Waals surface area contributed by atoms with Gasteiger partial charge >= 0.3 is 0 Å². The number of fused-ring (bicyclic) bond motifs is 3. The fraction of sp³-hybridized carbons (Fsp3) is 0.227. The van der Waals surface area contributed by atoms with E-state index in [9.17, 15) is 4.79 Å². The highest BCUT2D eigenvalue weighted by Gasteiger charge is 2.19. The Morgan fingerprint density at radius 1 is 1.14 bits per heavy atom. The lowest BCUT2D eigenvalue weighted by atomic mass is 10.0. The third-order valence-electron chi connectivity index (χ3n) is 5.11. The molecule has 6 nitrogen and oxygen atoms in total. The highest BCUT2D eigenvalue weighted by Crippen LogP contribution is 2.30. The van der Waals surface area contributed by atoms with Gasteiger partial charge in [-0.1, -0.05) is 24.3 Å². The second kappa shape index (κ2) is 7.78. The van der Waals surface area contributed by atoms with Gasteiger partial charge in [0.15, 0.2) is 0 Å². The first-order valence-corrected chi connectivity index (χ1v) is 9.34. The predicted octanol–water partition coefficient (Wildman–Crippen LogP) is 3.53. The summed E-state index contributed by atoms with van der Waals surface area (Å²) in [6.07, 6.45) is 6.14. The van der Waals surface area contributed by atoms with Crippen LogP contribution in [0, 0.1) is 0 Å². The molecule has 1 aromatic heterocycles. The van der Waals surface area contributed by atoms with E-state index in [1.165, 1.54) is 6.26 Å². The minimum absolute atomic E-state index is 0.0969. The highest BCUT2D eigenvalue weighted by molar-refractivity contribution is 6.18. The molecule has 0 radical (unpaired) electrons. The van der Waals surface area contributed by atoms with Crippen LogP contribution in [-0.2, 0) is 16.8 Å². The quantitative estimate of drug-likeness (QED) is 0.644. The molecule has 0 aliphatic carbocycles. The number of hydrogen-bond acceptors (Lipinski definition) is 4.